The standard InChI is InChI=1S/C16H14N2O3/c19-15-10-11-18(16(20)17-15)12-6-8-14(9-7-12)21-13-4-2-1-3-5-13/h1-9H,10-11H2,(H,17,19,20). The molecular formula is C16H14N2O3. The van der Waals surface area contributed by atoms with Gasteiger partial charge in [0.2, 0.25) is 5.91 Å². The number of nitrogens with one attached hydrogen (secondary N) is 1. The lowest BCUT2D eigenvalue weighted by Gasteiger charge is -2.26. The third-order valence-electron chi connectivity index (χ3n) is 3.18. The Morgan fingerprint density at radius 1 is 0.905 bits per heavy atom. The van der Waals surface area contributed by atoms with Crippen LogP contribution in [0.5, 0.6) is 11.5 Å². The highest BCUT2D eigenvalue weighted by molar-refractivity contribution is 6.05. The number of hydrogen-bond donors (Lipinski definition) is 1. The van der Waals surface area contributed by atoms with Gasteiger partial charge in [0, 0.05) is 18.7 Å². The van der Waals surface area contributed by atoms with E-state index in [0.717, 1.165) is 11.4 Å². The van der Waals surface area contributed by atoms with Crippen molar-refractivity contribution in [2.45, 2.75) is 6.42 Å². The highest BCUT2D eigenvalue weighted by Crippen LogP contribution is 2.25. The van der Waals surface area contributed by atoms with E-state index in [0.29, 0.717) is 18.7 Å². The summed E-state index contributed by atoms with van der Waals surface area (Å²) in [4.78, 5) is 24.4. The number of para-hydroxylation sites is 1. The van der Waals surface area contributed by atoms with Crippen LogP contribution in [0.3, 0.4) is 0 Å². The molecule has 3 amide bonds. The average Bonchev–Trinajstić information content (AvgIpc) is 2.49. The van der Waals surface area contributed by atoms with Crippen molar-refractivity contribution in [3.05, 3.63) is 54.6 Å². The van der Waals surface area contributed by atoms with E-state index in [1.807, 2.05) is 30.3 Å². The molecule has 1 aliphatic heterocycles. The molecule has 1 heterocycles. The van der Waals surface area contributed by atoms with E-state index in [-0.39, 0.29) is 11.9 Å². The Balaban J connectivity index is 1.72. The fourth-order valence-corrected chi connectivity index (χ4v) is 2.13. The third-order valence-corrected chi connectivity index (χ3v) is 3.18. The molecule has 0 atom stereocenters. The van der Waals surface area contributed by atoms with Gasteiger partial charge in [0.15, 0.2) is 0 Å². The first-order chi connectivity index (χ1) is 10.2. The van der Waals surface area contributed by atoms with E-state index in [9.17, 15) is 9.59 Å². The van der Waals surface area contributed by atoms with E-state index < -0.39 is 0 Å². The first-order valence-corrected chi connectivity index (χ1v) is 6.67. The molecule has 0 radical (unpaired) electrons. The number of amides is 3. The van der Waals surface area contributed by atoms with Crippen LogP contribution in [-0.2, 0) is 4.79 Å². The lowest BCUT2D eigenvalue weighted by molar-refractivity contribution is -0.120. The Bertz CT molecular complexity index is 653. The number of anilines is 1. The van der Waals surface area contributed by atoms with Crippen molar-refractivity contribution >= 4 is 17.6 Å². The summed E-state index contributed by atoms with van der Waals surface area (Å²) >= 11 is 0. The van der Waals surface area contributed by atoms with Crippen molar-refractivity contribution in [3.63, 3.8) is 0 Å². The molecule has 2 aromatic carbocycles. The molecule has 0 aromatic heterocycles. The van der Waals surface area contributed by atoms with Crippen molar-refractivity contribution in [3.8, 4) is 11.5 Å². The fourth-order valence-electron chi connectivity index (χ4n) is 2.13. The molecule has 0 saturated carbocycles. The highest BCUT2D eigenvalue weighted by atomic mass is 16.5. The molecule has 1 aliphatic rings. The van der Waals surface area contributed by atoms with Crippen molar-refractivity contribution < 1.29 is 14.3 Å². The topological polar surface area (TPSA) is 58.6 Å². The largest absolute Gasteiger partial charge is 0.457 e. The summed E-state index contributed by atoms with van der Waals surface area (Å²) in [5, 5.41) is 2.30. The summed E-state index contributed by atoms with van der Waals surface area (Å²) in [5.41, 5.74) is 0.736. The zero-order valence-electron chi connectivity index (χ0n) is 11.3. The van der Waals surface area contributed by atoms with Crippen LogP contribution in [0, 0.1) is 0 Å². The monoisotopic (exact) mass is 282 g/mol. The lowest BCUT2D eigenvalue weighted by atomic mass is 10.2. The van der Waals surface area contributed by atoms with Gasteiger partial charge in [-0.1, -0.05) is 18.2 Å². The van der Waals surface area contributed by atoms with E-state index >= 15 is 0 Å². The predicted molar refractivity (Wildman–Crippen MR) is 78.5 cm³/mol. The van der Waals surface area contributed by atoms with Gasteiger partial charge in [0.05, 0.1) is 0 Å². The SMILES string of the molecule is O=C1CCN(c2ccc(Oc3ccccc3)cc2)C(=O)N1. The molecule has 3 rings (SSSR count). The molecule has 2 aromatic rings. The van der Waals surface area contributed by atoms with Crippen LogP contribution < -0.4 is 15.0 Å². The molecule has 1 N–H and O–H groups in total. The third kappa shape index (κ3) is 3.02. The number of urea groups is 1. The number of carbonyl (C=O) groups is 2. The summed E-state index contributed by atoms with van der Waals surface area (Å²) in [6.07, 6.45) is 0.313. The van der Waals surface area contributed by atoms with Crippen LogP contribution in [0.25, 0.3) is 0 Å². The number of hydrogen-bond acceptors (Lipinski definition) is 3. The van der Waals surface area contributed by atoms with Crippen molar-refractivity contribution in [2.75, 3.05) is 11.4 Å². The molecule has 5 nitrogen and oxygen atoms in total. The van der Waals surface area contributed by atoms with Gasteiger partial charge < -0.3 is 4.74 Å². The Morgan fingerprint density at radius 2 is 1.57 bits per heavy atom. The van der Waals surface area contributed by atoms with Gasteiger partial charge in [-0.2, -0.15) is 0 Å². The number of rotatable bonds is 3. The minimum Gasteiger partial charge on any atom is -0.457 e. The van der Waals surface area contributed by atoms with Gasteiger partial charge in [-0.25, -0.2) is 4.79 Å². The van der Waals surface area contributed by atoms with Crippen molar-refractivity contribution in [1.82, 2.24) is 5.32 Å². The van der Waals surface area contributed by atoms with Crippen LogP contribution >= 0.6 is 0 Å². The summed E-state index contributed by atoms with van der Waals surface area (Å²) in [6.45, 7) is 0.392. The summed E-state index contributed by atoms with van der Waals surface area (Å²) in [5.74, 6) is 1.21. The molecule has 0 bridgehead atoms. The normalized spacial score (nSPS) is 14.8. The minimum absolute atomic E-state index is 0.236. The molecule has 5 heteroatoms. The fraction of sp³-hybridized carbons (Fsp3) is 0.125. The van der Waals surface area contributed by atoms with Crippen LogP contribution in [-0.4, -0.2) is 18.5 Å². The molecule has 1 fully saturated rings. The maximum Gasteiger partial charge on any atom is 0.328 e. The van der Waals surface area contributed by atoms with Gasteiger partial charge in [-0.3, -0.25) is 15.0 Å². The van der Waals surface area contributed by atoms with E-state index in [1.165, 1.54) is 4.90 Å². The van der Waals surface area contributed by atoms with Gasteiger partial charge in [0.1, 0.15) is 11.5 Å². The van der Waals surface area contributed by atoms with Gasteiger partial charge in [-0.05, 0) is 36.4 Å². The highest BCUT2D eigenvalue weighted by Gasteiger charge is 2.23. The number of carbonyl (C=O) groups excluding carboxylic acids is 2. The number of imide groups is 1. The Labute approximate surface area is 122 Å². The van der Waals surface area contributed by atoms with Gasteiger partial charge in [-0.15, -0.1) is 0 Å². The predicted octanol–water partition coefficient (Wildman–Crippen LogP) is 2.93. The molecule has 0 aliphatic carbocycles. The first-order valence-electron chi connectivity index (χ1n) is 6.67. The van der Waals surface area contributed by atoms with Gasteiger partial charge >= 0.3 is 6.03 Å². The lowest BCUT2D eigenvalue weighted by Crippen LogP contribution is -2.49. The zero-order valence-corrected chi connectivity index (χ0v) is 11.3. The number of nitrogens with zero attached hydrogens (tertiary/aromatic N) is 1. The van der Waals surface area contributed by atoms with Crippen molar-refractivity contribution in [1.29, 1.82) is 0 Å². The average molecular weight is 282 g/mol. The van der Waals surface area contributed by atoms with Crippen LogP contribution in [0.1, 0.15) is 6.42 Å². The summed E-state index contributed by atoms with van der Waals surface area (Å²) in [6, 6.07) is 16.3. The minimum atomic E-state index is -0.386. The smallest absolute Gasteiger partial charge is 0.328 e. The van der Waals surface area contributed by atoms with E-state index in [1.54, 1.807) is 24.3 Å². The van der Waals surface area contributed by atoms with Crippen LogP contribution in [0.4, 0.5) is 10.5 Å². The Kier molecular flexibility index (Phi) is 3.55. The zero-order chi connectivity index (χ0) is 14.7. The summed E-state index contributed by atoms with van der Waals surface area (Å²) in [7, 11) is 0. The van der Waals surface area contributed by atoms with E-state index in [4.69, 9.17) is 4.74 Å². The maximum atomic E-state index is 11.7. The molecule has 1 saturated heterocycles. The second-order valence-corrected chi connectivity index (χ2v) is 4.66. The molecule has 21 heavy (non-hydrogen) atoms. The summed E-state index contributed by atoms with van der Waals surface area (Å²) < 4.78 is 5.69. The van der Waals surface area contributed by atoms with Crippen LogP contribution in [0.2, 0.25) is 0 Å². The molecule has 0 unspecified atom stereocenters. The molecule has 0 spiro atoms. The quantitative estimate of drug-likeness (QED) is 0.941. The Morgan fingerprint density at radius 3 is 2.24 bits per heavy atom. The van der Waals surface area contributed by atoms with E-state index in [2.05, 4.69) is 5.32 Å². The second-order valence-electron chi connectivity index (χ2n) is 4.66. The first kappa shape index (κ1) is 13.2. The Hall–Kier alpha value is -2.82. The number of ether oxygens (including phenoxy) is 1. The second kappa shape index (κ2) is 5.66. The van der Waals surface area contributed by atoms with Crippen molar-refractivity contribution in [2.24, 2.45) is 0 Å². The number of benzene rings is 2. The van der Waals surface area contributed by atoms with Gasteiger partial charge in [0.25, 0.3) is 0 Å². The molecule has 106 valence electrons. The maximum absolute atomic E-state index is 11.7. The van der Waals surface area contributed by atoms with Crippen LogP contribution in [0.15, 0.2) is 54.6 Å². The molecular weight excluding hydrogens is 268 g/mol.